The molecule has 0 radical (unpaired) electrons. The van der Waals surface area contributed by atoms with Gasteiger partial charge in [0.05, 0.1) is 11.1 Å². The molecule has 0 unspecified atom stereocenters. The summed E-state index contributed by atoms with van der Waals surface area (Å²) in [6.07, 6.45) is 2.56. The Labute approximate surface area is 187 Å². The fraction of sp³-hybridized carbons (Fsp3) is 0.292. The normalized spacial score (nSPS) is 14.2. The molecule has 0 saturated carbocycles. The van der Waals surface area contributed by atoms with Gasteiger partial charge in [0, 0.05) is 25.7 Å². The average molecular weight is 430 g/mol. The van der Waals surface area contributed by atoms with Crippen LogP contribution in [0.3, 0.4) is 0 Å². The summed E-state index contributed by atoms with van der Waals surface area (Å²) in [5.41, 5.74) is 8.55. The fourth-order valence-electron chi connectivity index (χ4n) is 4.07. The zero-order chi connectivity index (χ0) is 21.9. The van der Waals surface area contributed by atoms with Crippen LogP contribution in [-0.2, 0) is 7.05 Å². The lowest BCUT2D eigenvalue weighted by Gasteiger charge is -2.15. The van der Waals surface area contributed by atoms with Gasteiger partial charge in [-0.1, -0.05) is 30.3 Å². The SMILES string of the molecule is Cn1nc2nc(NCCN3CCCC3)nc(-c3cccc(Oc4ccccc4)c3)c2c1N. The summed E-state index contributed by atoms with van der Waals surface area (Å²) in [6.45, 7) is 4.08. The molecule has 2 aromatic carbocycles. The highest BCUT2D eigenvalue weighted by Crippen LogP contribution is 2.33. The summed E-state index contributed by atoms with van der Waals surface area (Å²) in [5.74, 6) is 2.60. The number of nitrogen functional groups attached to an aromatic ring is 1. The first-order chi connectivity index (χ1) is 15.7. The number of nitrogens with two attached hydrogens (primary N) is 1. The van der Waals surface area contributed by atoms with Crippen LogP contribution in [0.2, 0.25) is 0 Å². The van der Waals surface area contributed by atoms with Gasteiger partial charge in [-0.25, -0.2) is 4.98 Å². The molecule has 32 heavy (non-hydrogen) atoms. The highest BCUT2D eigenvalue weighted by molar-refractivity contribution is 5.99. The Morgan fingerprint density at radius 1 is 1.00 bits per heavy atom. The standard InChI is InChI=1S/C24H27N7O/c1-30-22(25)20-21(17-8-7-11-19(16-17)32-18-9-3-2-4-10-18)27-24(28-23(20)29-30)26-12-15-31-13-5-6-14-31/h2-4,7-11,16H,5-6,12-15,25H2,1H3,(H,26,28,29). The Morgan fingerprint density at radius 3 is 2.59 bits per heavy atom. The van der Waals surface area contributed by atoms with Crippen molar-refractivity contribution >= 4 is 22.8 Å². The van der Waals surface area contributed by atoms with Crippen LogP contribution in [0.15, 0.2) is 54.6 Å². The minimum atomic E-state index is 0.535. The van der Waals surface area contributed by atoms with E-state index in [1.54, 1.807) is 4.68 Å². The molecule has 0 amide bonds. The summed E-state index contributed by atoms with van der Waals surface area (Å²) in [5, 5.41) is 8.61. The number of aryl methyl sites for hydroxylation is 1. The number of nitrogens with zero attached hydrogens (tertiary/aromatic N) is 5. The molecule has 4 aromatic rings. The number of rotatable bonds is 7. The quantitative estimate of drug-likeness (QED) is 0.460. The topological polar surface area (TPSA) is 94.1 Å². The van der Waals surface area contributed by atoms with Crippen LogP contribution in [-0.4, -0.2) is 50.8 Å². The molecule has 8 nitrogen and oxygen atoms in total. The average Bonchev–Trinajstić information content (AvgIpc) is 3.42. The zero-order valence-electron chi connectivity index (χ0n) is 18.2. The minimum absolute atomic E-state index is 0.535. The summed E-state index contributed by atoms with van der Waals surface area (Å²) in [7, 11) is 1.82. The second kappa shape index (κ2) is 8.84. The van der Waals surface area contributed by atoms with E-state index in [1.807, 2.05) is 61.6 Å². The van der Waals surface area contributed by atoms with E-state index in [4.69, 9.17) is 15.5 Å². The number of ether oxygens (including phenoxy) is 1. The van der Waals surface area contributed by atoms with Gasteiger partial charge in [-0.3, -0.25) is 4.68 Å². The number of benzene rings is 2. The van der Waals surface area contributed by atoms with E-state index in [9.17, 15) is 0 Å². The maximum Gasteiger partial charge on any atom is 0.225 e. The van der Waals surface area contributed by atoms with Crippen LogP contribution in [0.25, 0.3) is 22.3 Å². The number of hydrogen-bond donors (Lipinski definition) is 2. The lowest BCUT2D eigenvalue weighted by Crippen LogP contribution is -2.26. The van der Waals surface area contributed by atoms with Crippen molar-refractivity contribution in [2.24, 2.45) is 7.05 Å². The Hall–Kier alpha value is -3.65. The van der Waals surface area contributed by atoms with Crippen molar-refractivity contribution in [1.82, 2.24) is 24.6 Å². The highest BCUT2D eigenvalue weighted by atomic mass is 16.5. The molecule has 2 aromatic heterocycles. The lowest BCUT2D eigenvalue weighted by molar-refractivity contribution is 0.352. The van der Waals surface area contributed by atoms with Gasteiger partial charge in [0.15, 0.2) is 5.65 Å². The molecule has 1 saturated heterocycles. The van der Waals surface area contributed by atoms with Crippen LogP contribution in [0.5, 0.6) is 11.5 Å². The molecule has 8 heteroatoms. The van der Waals surface area contributed by atoms with Gasteiger partial charge in [0.2, 0.25) is 5.95 Å². The Balaban J connectivity index is 1.47. The molecule has 3 N–H and O–H groups in total. The zero-order valence-corrected chi connectivity index (χ0v) is 18.2. The van der Waals surface area contributed by atoms with Gasteiger partial charge in [0.25, 0.3) is 0 Å². The van der Waals surface area contributed by atoms with Crippen molar-refractivity contribution in [3.8, 4) is 22.8 Å². The number of fused-ring (bicyclic) bond motifs is 1. The monoisotopic (exact) mass is 429 g/mol. The third-order valence-corrected chi connectivity index (χ3v) is 5.74. The van der Waals surface area contributed by atoms with Crippen LogP contribution >= 0.6 is 0 Å². The molecular weight excluding hydrogens is 402 g/mol. The second-order valence-electron chi connectivity index (χ2n) is 8.02. The Kier molecular flexibility index (Phi) is 5.60. The molecule has 3 heterocycles. The first kappa shape index (κ1) is 20.3. The van der Waals surface area contributed by atoms with Crippen molar-refractivity contribution in [2.75, 3.05) is 37.2 Å². The minimum Gasteiger partial charge on any atom is -0.457 e. The predicted molar refractivity (Wildman–Crippen MR) is 127 cm³/mol. The molecule has 0 bridgehead atoms. The smallest absolute Gasteiger partial charge is 0.225 e. The van der Waals surface area contributed by atoms with Crippen molar-refractivity contribution in [3.63, 3.8) is 0 Å². The highest BCUT2D eigenvalue weighted by Gasteiger charge is 2.18. The molecule has 1 aliphatic heterocycles. The second-order valence-corrected chi connectivity index (χ2v) is 8.02. The fourth-order valence-corrected chi connectivity index (χ4v) is 4.07. The molecule has 0 atom stereocenters. The van der Waals surface area contributed by atoms with Gasteiger partial charge >= 0.3 is 0 Å². The number of likely N-dealkylation sites (tertiary alicyclic amines) is 1. The summed E-state index contributed by atoms with van der Waals surface area (Å²) < 4.78 is 7.66. The Morgan fingerprint density at radius 2 is 1.78 bits per heavy atom. The van der Waals surface area contributed by atoms with E-state index in [0.717, 1.165) is 54.3 Å². The maximum absolute atomic E-state index is 6.33. The van der Waals surface area contributed by atoms with E-state index in [0.29, 0.717) is 17.4 Å². The van der Waals surface area contributed by atoms with Gasteiger partial charge in [0.1, 0.15) is 17.3 Å². The molecule has 1 fully saturated rings. The molecule has 0 spiro atoms. The number of aromatic nitrogens is 4. The van der Waals surface area contributed by atoms with Crippen molar-refractivity contribution in [3.05, 3.63) is 54.6 Å². The first-order valence-electron chi connectivity index (χ1n) is 11.0. The number of hydrogen-bond acceptors (Lipinski definition) is 7. The Bertz CT molecular complexity index is 1220. The van der Waals surface area contributed by atoms with E-state index in [1.165, 1.54) is 12.8 Å². The number of para-hydroxylation sites is 1. The van der Waals surface area contributed by atoms with Crippen LogP contribution in [0.1, 0.15) is 12.8 Å². The largest absolute Gasteiger partial charge is 0.457 e. The molecular formula is C24H27N7O. The third kappa shape index (κ3) is 4.22. The first-order valence-corrected chi connectivity index (χ1v) is 11.0. The molecule has 5 rings (SSSR count). The van der Waals surface area contributed by atoms with Crippen LogP contribution < -0.4 is 15.8 Å². The molecule has 164 valence electrons. The van der Waals surface area contributed by atoms with E-state index in [2.05, 4.69) is 20.3 Å². The summed E-state index contributed by atoms with van der Waals surface area (Å²) >= 11 is 0. The number of nitrogens with one attached hydrogen (secondary N) is 1. The summed E-state index contributed by atoms with van der Waals surface area (Å²) in [6, 6.07) is 17.6. The van der Waals surface area contributed by atoms with E-state index < -0.39 is 0 Å². The third-order valence-electron chi connectivity index (χ3n) is 5.74. The van der Waals surface area contributed by atoms with Crippen molar-refractivity contribution in [2.45, 2.75) is 12.8 Å². The lowest BCUT2D eigenvalue weighted by atomic mass is 10.1. The molecule has 1 aliphatic rings. The van der Waals surface area contributed by atoms with Gasteiger partial charge in [-0.15, -0.1) is 0 Å². The van der Waals surface area contributed by atoms with Gasteiger partial charge in [-0.05, 0) is 50.2 Å². The van der Waals surface area contributed by atoms with E-state index >= 15 is 0 Å². The van der Waals surface area contributed by atoms with Gasteiger partial charge < -0.3 is 20.7 Å². The van der Waals surface area contributed by atoms with Crippen molar-refractivity contribution in [1.29, 1.82) is 0 Å². The maximum atomic E-state index is 6.33. The van der Waals surface area contributed by atoms with Crippen LogP contribution in [0.4, 0.5) is 11.8 Å². The van der Waals surface area contributed by atoms with Crippen molar-refractivity contribution < 1.29 is 4.74 Å². The van der Waals surface area contributed by atoms with E-state index in [-0.39, 0.29) is 0 Å². The molecule has 0 aliphatic carbocycles. The predicted octanol–water partition coefficient (Wildman–Crippen LogP) is 3.91. The van der Waals surface area contributed by atoms with Crippen LogP contribution in [0, 0.1) is 0 Å². The summed E-state index contributed by atoms with van der Waals surface area (Å²) in [4.78, 5) is 11.9. The van der Waals surface area contributed by atoms with Gasteiger partial charge in [-0.2, -0.15) is 10.1 Å². The number of anilines is 2.